The minimum Gasteiger partial charge on any atom is -0.372 e. The van der Waals surface area contributed by atoms with Crippen LogP contribution in [0.5, 0.6) is 0 Å². The molecule has 3 aromatic carbocycles. The molecule has 3 heterocycles. The predicted octanol–water partition coefficient (Wildman–Crippen LogP) is 9.31. The van der Waals surface area contributed by atoms with Crippen molar-refractivity contribution in [3.63, 3.8) is 0 Å². The molecule has 0 saturated carbocycles. The van der Waals surface area contributed by atoms with Crippen LogP contribution in [0.25, 0.3) is 0 Å². The molecule has 0 amide bonds. The summed E-state index contributed by atoms with van der Waals surface area (Å²) >= 11 is 0. The van der Waals surface area contributed by atoms with Crippen molar-refractivity contribution in [2.45, 2.75) is 47.0 Å². The minimum atomic E-state index is 0.800. The van der Waals surface area contributed by atoms with Gasteiger partial charge in [-0.15, -0.1) is 0 Å². The van der Waals surface area contributed by atoms with Gasteiger partial charge in [0.05, 0.1) is 106 Å². The van der Waals surface area contributed by atoms with E-state index in [-0.39, 0.29) is 0 Å². The van der Waals surface area contributed by atoms with Gasteiger partial charge >= 0.3 is 17.8 Å². The van der Waals surface area contributed by atoms with Crippen LogP contribution in [0, 0.1) is 0 Å². The van der Waals surface area contributed by atoms with Crippen molar-refractivity contribution in [1.82, 2.24) is 13.7 Å². The zero-order valence-electron chi connectivity index (χ0n) is 41.2. The molecular weight excluding hydrogens is 825 g/mol. The van der Waals surface area contributed by atoms with Crippen molar-refractivity contribution < 1.29 is 18.2 Å². The summed E-state index contributed by atoms with van der Waals surface area (Å²) in [6.07, 6.45) is 15.2. The van der Waals surface area contributed by atoms with Gasteiger partial charge < -0.3 is 19.2 Å². The Kier molecular flexibility index (Phi) is 17.5. The van der Waals surface area contributed by atoms with E-state index in [1.807, 2.05) is 107 Å². The summed E-state index contributed by atoms with van der Waals surface area (Å²) in [5, 5.41) is 27.0. The quantitative estimate of drug-likeness (QED) is 0.0325. The third-order valence-corrected chi connectivity index (χ3v) is 12.8. The Morgan fingerprint density at radius 1 is 0.424 bits per heavy atom. The number of aryl methyl sites for hydroxylation is 6. The number of rotatable bonds is 25. The first-order valence-electron chi connectivity index (χ1n) is 23.6. The number of azo groups is 3. The maximum Gasteiger partial charge on any atom is 0.421 e. The molecule has 0 aliphatic carbocycles. The molecule has 0 spiro atoms. The molecule has 16 heteroatoms. The molecule has 0 aliphatic heterocycles. The molecule has 3 aromatic heterocycles. The number of imidazole rings is 3. The Bertz CT molecular complexity index is 2160. The van der Waals surface area contributed by atoms with Gasteiger partial charge in [0, 0.05) is 90.9 Å². The molecule has 16 nitrogen and oxygen atoms in total. The highest BCUT2D eigenvalue weighted by Crippen LogP contribution is 2.26. The second kappa shape index (κ2) is 23.6. The van der Waals surface area contributed by atoms with Crippen molar-refractivity contribution in [1.29, 1.82) is 0 Å². The Balaban J connectivity index is 1.10. The van der Waals surface area contributed by atoms with E-state index in [0.717, 1.165) is 124 Å². The monoisotopic (exact) mass is 899 g/mol. The minimum absolute atomic E-state index is 0.800. The topological polar surface area (TPSA) is 110 Å². The predicted molar refractivity (Wildman–Crippen MR) is 265 cm³/mol. The van der Waals surface area contributed by atoms with Gasteiger partial charge in [-0.25, -0.2) is 27.4 Å². The Morgan fingerprint density at radius 3 is 0.909 bits per heavy atom. The molecule has 0 aliphatic rings. The zero-order valence-corrected chi connectivity index (χ0v) is 41.2. The molecule has 6 rings (SSSR count). The standard InChI is InChI=1S/C50H74N16/c1-11-63(45-24-18-42(19-25-45)51-54-48-57(5)33-34-58(48)6)30-15-39-66(14-4,40-16-31-64(12-2)46-26-20-43(21-27-46)52-55-49-59(7)35-36-60(49)8)41-17-32-65(13-3)47-28-22-44(23-29-47)53-56-50-61(9)37-38-62(50)10/h18-29,33-38H,11-17,30-32,39-41H2,1-10H3/q+4. The molecule has 0 fully saturated rings. The Hall–Kier alpha value is -6.55. The summed E-state index contributed by atoms with van der Waals surface area (Å²) in [7, 11) is 11.9. The van der Waals surface area contributed by atoms with Crippen molar-refractivity contribution >= 4 is 52.0 Å². The van der Waals surface area contributed by atoms with Crippen LogP contribution in [-0.4, -0.2) is 83.6 Å². The highest BCUT2D eigenvalue weighted by Gasteiger charge is 2.26. The molecule has 350 valence electrons. The van der Waals surface area contributed by atoms with Crippen LogP contribution >= 0.6 is 0 Å². The summed E-state index contributed by atoms with van der Waals surface area (Å²) in [6, 6.07) is 25.5. The van der Waals surface area contributed by atoms with Crippen LogP contribution in [0.1, 0.15) is 47.0 Å². The van der Waals surface area contributed by atoms with Crippen LogP contribution < -0.4 is 28.4 Å². The lowest BCUT2D eigenvalue weighted by molar-refractivity contribution is -0.926. The fourth-order valence-corrected chi connectivity index (χ4v) is 8.68. The van der Waals surface area contributed by atoms with E-state index in [1.54, 1.807) is 0 Å². The summed E-state index contributed by atoms with van der Waals surface area (Å²) in [5.41, 5.74) is 6.19. The van der Waals surface area contributed by atoms with Crippen LogP contribution in [0.2, 0.25) is 0 Å². The summed E-state index contributed by atoms with van der Waals surface area (Å²) in [6.45, 7) is 19.4. The highest BCUT2D eigenvalue weighted by molar-refractivity contribution is 5.54. The first-order chi connectivity index (χ1) is 32.0. The number of benzene rings is 3. The van der Waals surface area contributed by atoms with Gasteiger partial charge in [-0.3, -0.25) is 0 Å². The van der Waals surface area contributed by atoms with E-state index in [9.17, 15) is 0 Å². The lowest BCUT2D eigenvalue weighted by Crippen LogP contribution is -2.52. The largest absolute Gasteiger partial charge is 0.421 e. The van der Waals surface area contributed by atoms with Gasteiger partial charge in [0.2, 0.25) is 0 Å². The molecule has 0 radical (unpaired) electrons. The summed E-state index contributed by atoms with van der Waals surface area (Å²) in [5.74, 6) is 2.40. The average Bonchev–Trinajstić information content (AvgIpc) is 3.97. The maximum atomic E-state index is 4.52. The number of anilines is 3. The highest BCUT2D eigenvalue weighted by atomic mass is 15.4. The van der Waals surface area contributed by atoms with Crippen LogP contribution in [0.15, 0.2) is 141 Å². The van der Waals surface area contributed by atoms with Gasteiger partial charge in [0.15, 0.2) is 0 Å². The fraction of sp³-hybridized carbons (Fsp3) is 0.460. The van der Waals surface area contributed by atoms with Crippen molar-refractivity contribution in [3.8, 4) is 0 Å². The van der Waals surface area contributed by atoms with Crippen LogP contribution in [0.4, 0.5) is 52.0 Å². The molecule has 0 bridgehead atoms. The van der Waals surface area contributed by atoms with Crippen molar-refractivity contribution in [2.75, 3.05) is 80.1 Å². The first kappa shape index (κ1) is 48.9. The third kappa shape index (κ3) is 12.8. The Labute approximate surface area is 392 Å². The molecule has 0 atom stereocenters. The first-order valence-corrected chi connectivity index (χ1v) is 23.6. The van der Waals surface area contributed by atoms with E-state index < -0.39 is 0 Å². The van der Waals surface area contributed by atoms with E-state index in [1.165, 1.54) is 17.1 Å². The van der Waals surface area contributed by atoms with Crippen molar-refractivity contribution in [3.05, 3.63) is 110 Å². The molecule has 66 heavy (non-hydrogen) atoms. The summed E-state index contributed by atoms with van der Waals surface area (Å²) in [4.78, 5) is 7.48. The number of aromatic nitrogens is 6. The van der Waals surface area contributed by atoms with Gasteiger partial charge in [0.25, 0.3) is 0 Å². The number of hydrogen-bond donors (Lipinski definition) is 0. The van der Waals surface area contributed by atoms with Gasteiger partial charge in [-0.05, 0) is 100 Å². The molecule has 0 unspecified atom stereocenters. The second-order valence-electron chi connectivity index (χ2n) is 17.2. The number of hydrogen-bond acceptors (Lipinski definition) is 9. The Morgan fingerprint density at radius 2 is 0.697 bits per heavy atom. The van der Waals surface area contributed by atoms with E-state index >= 15 is 0 Å². The van der Waals surface area contributed by atoms with Gasteiger partial charge in [-0.1, -0.05) is 15.3 Å². The fourth-order valence-electron chi connectivity index (χ4n) is 8.68. The number of quaternary nitrogens is 1. The van der Waals surface area contributed by atoms with Crippen LogP contribution in [0.3, 0.4) is 0 Å². The van der Waals surface area contributed by atoms with Crippen LogP contribution in [-0.2, 0) is 42.3 Å². The zero-order chi connectivity index (χ0) is 47.1. The SMILES string of the molecule is CCN(CCC[N+](CC)(CCCN(CC)c1ccc(N=Nc2n(C)cc[n+]2C)cc1)CCCN(CC)c1ccc(N=Nc2n(C)cc[n+]2C)cc1)c1ccc(N=Nc2n(C)cc[n+]2C)cc1. The second-order valence-corrected chi connectivity index (χ2v) is 17.2. The lowest BCUT2D eigenvalue weighted by atomic mass is 10.1. The lowest BCUT2D eigenvalue weighted by Gasteiger charge is -2.40. The third-order valence-electron chi connectivity index (χ3n) is 12.8. The summed E-state index contributed by atoms with van der Waals surface area (Å²) < 4.78 is 12.9. The van der Waals surface area contributed by atoms with E-state index in [2.05, 4.69) is 146 Å². The molecule has 0 saturated heterocycles. The van der Waals surface area contributed by atoms with Gasteiger partial charge in [0.1, 0.15) is 17.1 Å². The van der Waals surface area contributed by atoms with Crippen molar-refractivity contribution in [2.24, 2.45) is 73.0 Å². The molecule has 0 N–H and O–H groups in total. The molecule has 6 aromatic rings. The normalized spacial score (nSPS) is 12.8. The maximum absolute atomic E-state index is 4.52. The molecular formula is C50H74N16+4. The van der Waals surface area contributed by atoms with E-state index in [4.69, 9.17) is 0 Å². The average molecular weight is 899 g/mol. The number of nitrogens with zero attached hydrogens (tertiary/aromatic N) is 16. The van der Waals surface area contributed by atoms with Gasteiger partial charge in [-0.2, -0.15) is 0 Å². The van der Waals surface area contributed by atoms with E-state index in [0.29, 0.717) is 0 Å². The smallest absolute Gasteiger partial charge is 0.372 e.